The van der Waals surface area contributed by atoms with Crippen LogP contribution in [0, 0.1) is 0 Å². The number of aliphatic hydroxyl groups excluding tert-OH is 1. The Balaban J connectivity index is 1.47. The standard InChI is InChI=1S/C18H27N3O2/c1-14(2)21-10-8-20(9-11-21)12-15(22)13-23-18-5-3-4-17-16(18)6-7-19-17/h3-7,14-15,19,22H,8-13H2,1-2H3/t15-/m0/s1. The summed E-state index contributed by atoms with van der Waals surface area (Å²) in [6.45, 7) is 9.66. The Bertz CT molecular complexity index is 618. The van der Waals surface area contributed by atoms with Crippen LogP contribution in [-0.4, -0.2) is 71.4 Å². The van der Waals surface area contributed by atoms with Gasteiger partial charge in [-0.3, -0.25) is 9.80 Å². The van der Waals surface area contributed by atoms with Crippen molar-refractivity contribution in [2.45, 2.75) is 26.0 Å². The maximum absolute atomic E-state index is 10.3. The molecule has 1 saturated heterocycles. The molecule has 0 aliphatic carbocycles. The van der Waals surface area contributed by atoms with Crippen molar-refractivity contribution < 1.29 is 9.84 Å². The van der Waals surface area contributed by atoms with Crippen LogP contribution in [0.15, 0.2) is 30.5 Å². The zero-order valence-corrected chi connectivity index (χ0v) is 14.0. The molecule has 1 fully saturated rings. The van der Waals surface area contributed by atoms with E-state index in [1.807, 2.05) is 30.5 Å². The maximum atomic E-state index is 10.3. The van der Waals surface area contributed by atoms with E-state index in [0.29, 0.717) is 19.2 Å². The van der Waals surface area contributed by atoms with Crippen LogP contribution in [0.5, 0.6) is 5.75 Å². The molecule has 1 aliphatic rings. The first-order valence-corrected chi connectivity index (χ1v) is 8.47. The van der Waals surface area contributed by atoms with Gasteiger partial charge in [0.05, 0.1) is 0 Å². The average Bonchev–Trinajstić information content (AvgIpc) is 3.02. The second-order valence-corrected chi connectivity index (χ2v) is 6.59. The van der Waals surface area contributed by atoms with Crippen LogP contribution in [0.4, 0.5) is 0 Å². The highest BCUT2D eigenvalue weighted by molar-refractivity contribution is 5.85. The fraction of sp³-hybridized carbons (Fsp3) is 0.556. The summed E-state index contributed by atoms with van der Waals surface area (Å²) in [6.07, 6.45) is 1.44. The van der Waals surface area contributed by atoms with Gasteiger partial charge in [0.1, 0.15) is 18.5 Å². The second-order valence-electron chi connectivity index (χ2n) is 6.59. The Labute approximate surface area is 137 Å². The molecule has 1 atom stereocenters. The molecule has 1 aliphatic heterocycles. The number of fused-ring (bicyclic) bond motifs is 1. The van der Waals surface area contributed by atoms with Crippen molar-refractivity contribution in [3.8, 4) is 5.75 Å². The number of aliphatic hydroxyl groups is 1. The highest BCUT2D eigenvalue weighted by Gasteiger charge is 2.20. The van der Waals surface area contributed by atoms with Gasteiger partial charge in [-0.1, -0.05) is 6.07 Å². The van der Waals surface area contributed by atoms with Gasteiger partial charge in [0.15, 0.2) is 0 Å². The number of hydrogen-bond acceptors (Lipinski definition) is 4. The van der Waals surface area contributed by atoms with Crippen LogP contribution in [0.2, 0.25) is 0 Å². The quantitative estimate of drug-likeness (QED) is 0.855. The smallest absolute Gasteiger partial charge is 0.128 e. The molecule has 0 unspecified atom stereocenters. The summed E-state index contributed by atoms with van der Waals surface area (Å²) >= 11 is 0. The molecule has 0 spiro atoms. The molecule has 2 N–H and O–H groups in total. The summed E-state index contributed by atoms with van der Waals surface area (Å²) in [7, 11) is 0. The van der Waals surface area contributed by atoms with Crippen LogP contribution in [0.1, 0.15) is 13.8 Å². The second kappa shape index (κ2) is 7.34. The van der Waals surface area contributed by atoms with E-state index in [-0.39, 0.29) is 0 Å². The first-order chi connectivity index (χ1) is 11.1. The molecule has 0 amide bonds. The van der Waals surface area contributed by atoms with E-state index in [1.165, 1.54) is 0 Å². The summed E-state index contributed by atoms with van der Waals surface area (Å²) < 4.78 is 5.83. The van der Waals surface area contributed by atoms with Crippen molar-refractivity contribution in [2.75, 3.05) is 39.3 Å². The summed E-state index contributed by atoms with van der Waals surface area (Å²) in [4.78, 5) is 7.97. The molecule has 0 bridgehead atoms. The molecule has 0 radical (unpaired) electrons. The number of benzene rings is 1. The SMILES string of the molecule is CC(C)N1CCN(C[C@H](O)COc2cccc3[nH]ccc23)CC1. The third-order valence-electron chi connectivity index (χ3n) is 4.59. The van der Waals surface area contributed by atoms with Gasteiger partial charge >= 0.3 is 0 Å². The Hall–Kier alpha value is -1.56. The molecular formula is C18H27N3O2. The molecule has 3 rings (SSSR count). The number of hydrogen-bond donors (Lipinski definition) is 2. The fourth-order valence-corrected chi connectivity index (χ4v) is 3.18. The number of aromatic nitrogens is 1. The van der Waals surface area contributed by atoms with Crippen LogP contribution in [0.3, 0.4) is 0 Å². The lowest BCUT2D eigenvalue weighted by Gasteiger charge is -2.37. The van der Waals surface area contributed by atoms with E-state index >= 15 is 0 Å². The van der Waals surface area contributed by atoms with Crippen LogP contribution in [0.25, 0.3) is 10.9 Å². The number of nitrogens with zero attached hydrogens (tertiary/aromatic N) is 2. The molecule has 0 saturated carbocycles. The van der Waals surface area contributed by atoms with Gasteiger partial charge < -0.3 is 14.8 Å². The summed E-state index contributed by atoms with van der Waals surface area (Å²) in [5.74, 6) is 0.826. The van der Waals surface area contributed by atoms with E-state index in [4.69, 9.17) is 4.74 Å². The van der Waals surface area contributed by atoms with Crippen molar-refractivity contribution in [3.63, 3.8) is 0 Å². The number of ether oxygens (including phenoxy) is 1. The van der Waals surface area contributed by atoms with Crippen molar-refractivity contribution in [2.24, 2.45) is 0 Å². The van der Waals surface area contributed by atoms with E-state index in [2.05, 4.69) is 28.6 Å². The maximum Gasteiger partial charge on any atom is 0.128 e. The molecular weight excluding hydrogens is 290 g/mol. The van der Waals surface area contributed by atoms with E-state index < -0.39 is 6.10 Å². The molecule has 126 valence electrons. The highest BCUT2D eigenvalue weighted by Crippen LogP contribution is 2.24. The molecule has 2 heterocycles. The lowest BCUT2D eigenvalue weighted by Crippen LogP contribution is -2.51. The summed E-state index contributed by atoms with van der Waals surface area (Å²) in [5.41, 5.74) is 1.06. The highest BCUT2D eigenvalue weighted by atomic mass is 16.5. The number of piperazine rings is 1. The van der Waals surface area contributed by atoms with Crippen LogP contribution in [-0.2, 0) is 0 Å². The van der Waals surface area contributed by atoms with Crippen molar-refractivity contribution >= 4 is 10.9 Å². The summed E-state index contributed by atoms with van der Waals surface area (Å²) in [6, 6.07) is 8.54. The van der Waals surface area contributed by atoms with Gasteiger partial charge in [-0.05, 0) is 32.0 Å². The third-order valence-corrected chi connectivity index (χ3v) is 4.59. The fourth-order valence-electron chi connectivity index (χ4n) is 3.18. The number of rotatable bonds is 6. The first-order valence-electron chi connectivity index (χ1n) is 8.47. The van der Waals surface area contributed by atoms with Gasteiger partial charge in [0.2, 0.25) is 0 Å². The van der Waals surface area contributed by atoms with Gasteiger partial charge in [-0.25, -0.2) is 0 Å². The lowest BCUT2D eigenvalue weighted by atomic mass is 10.2. The zero-order chi connectivity index (χ0) is 16.2. The van der Waals surface area contributed by atoms with E-state index in [0.717, 1.165) is 42.8 Å². The van der Waals surface area contributed by atoms with E-state index in [9.17, 15) is 5.11 Å². The van der Waals surface area contributed by atoms with Gasteiger partial charge in [-0.2, -0.15) is 0 Å². The Morgan fingerprint density at radius 2 is 1.96 bits per heavy atom. The number of nitrogens with one attached hydrogen (secondary N) is 1. The Morgan fingerprint density at radius 3 is 2.70 bits per heavy atom. The van der Waals surface area contributed by atoms with Gasteiger partial charge in [-0.15, -0.1) is 0 Å². The Morgan fingerprint density at radius 1 is 1.17 bits per heavy atom. The van der Waals surface area contributed by atoms with E-state index in [1.54, 1.807) is 0 Å². The monoisotopic (exact) mass is 317 g/mol. The molecule has 1 aromatic carbocycles. The number of aromatic amines is 1. The minimum absolute atomic E-state index is 0.328. The zero-order valence-electron chi connectivity index (χ0n) is 14.0. The predicted molar refractivity (Wildman–Crippen MR) is 92.9 cm³/mol. The van der Waals surface area contributed by atoms with Crippen molar-refractivity contribution in [1.29, 1.82) is 0 Å². The summed E-state index contributed by atoms with van der Waals surface area (Å²) in [5, 5.41) is 11.3. The first kappa shape index (κ1) is 16.3. The normalized spacial score (nSPS) is 18.6. The topological polar surface area (TPSA) is 51.7 Å². The molecule has 2 aromatic rings. The third kappa shape index (κ3) is 4.05. The van der Waals surface area contributed by atoms with Gasteiger partial charge in [0.25, 0.3) is 0 Å². The van der Waals surface area contributed by atoms with Crippen LogP contribution < -0.4 is 4.74 Å². The predicted octanol–water partition coefficient (Wildman–Crippen LogP) is 1.93. The molecule has 5 nitrogen and oxygen atoms in total. The molecule has 5 heteroatoms. The Kier molecular flexibility index (Phi) is 5.20. The van der Waals surface area contributed by atoms with Crippen molar-refractivity contribution in [3.05, 3.63) is 30.5 Å². The van der Waals surface area contributed by atoms with Gasteiger partial charge in [0, 0.05) is 55.9 Å². The largest absolute Gasteiger partial charge is 0.490 e. The van der Waals surface area contributed by atoms with Crippen LogP contribution >= 0.6 is 0 Å². The van der Waals surface area contributed by atoms with Crippen molar-refractivity contribution in [1.82, 2.24) is 14.8 Å². The number of H-pyrrole nitrogens is 1. The average molecular weight is 317 g/mol. The molecule has 1 aromatic heterocycles. The minimum Gasteiger partial charge on any atom is -0.490 e. The lowest BCUT2D eigenvalue weighted by molar-refractivity contribution is 0.0403. The molecule has 23 heavy (non-hydrogen) atoms. The minimum atomic E-state index is -0.463. The number of β-amino-alcohol motifs (C(OH)–C–C–N with tert-alkyl or cyclic N) is 1.